The van der Waals surface area contributed by atoms with Crippen LogP contribution >= 0.6 is 15.9 Å². The van der Waals surface area contributed by atoms with Crippen LogP contribution in [0.25, 0.3) is 0 Å². The maximum atomic E-state index is 3.97. The molecule has 0 spiro atoms. The van der Waals surface area contributed by atoms with Crippen LogP contribution in [0.3, 0.4) is 0 Å². The minimum atomic E-state index is 0.678. The van der Waals surface area contributed by atoms with E-state index >= 15 is 0 Å². The quantitative estimate of drug-likeness (QED) is 0.413. The smallest absolute Gasteiger partial charge is 0.0245 e. The highest BCUT2D eigenvalue weighted by atomic mass is 79.9. The van der Waals surface area contributed by atoms with E-state index in [4.69, 9.17) is 0 Å². The van der Waals surface area contributed by atoms with Crippen LogP contribution in [0, 0.1) is 0 Å². The second kappa shape index (κ2) is 9.75. The van der Waals surface area contributed by atoms with Crippen LogP contribution in [-0.4, -0.2) is 0 Å². The van der Waals surface area contributed by atoms with Gasteiger partial charge in [0, 0.05) is 4.47 Å². The Hall–Kier alpha value is -0.300. The molecule has 0 aliphatic rings. The summed E-state index contributed by atoms with van der Waals surface area (Å²) in [5.74, 6) is 2.06. The number of rotatable bonds is 9. The second-order valence-corrected chi connectivity index (χ2v) is 7.35. The fourth-order valence-corrected chi connectivity index (χ4v) is 4.62. The predicted octanol–water partition coefficient (Wildman–Crippen LogP) is 8.16. The van der Waals surface area contributed by atoms with Gasteiger partial charge in [-0.1, -0.05) is 69.6 Å². The van der Waals surface area contributed by atoms with E-state index in [-0.39, 0.29) is 0 Å². The molecule has 0 saturated heterocycles. The molecule has 0 aromatic heterocycles. The second-order valence-electron chi connectivity index (χ2n) is 6.55. The van der Waals surface area contributed by atoms with Crippen LogP contribution in [-0.2, 0) is 0 Å². The molecule has 1 rings (SSSR count). The molecule has 22 heavy (non-hydrogen) atoms. The van der Waals surface area contributed by atoms with Gasteiger partial charge in [-0.05, 0) is 73.0 Å². The Morgan fingerprint density at radius 1 is 0.636 bits per heavy atom. The first-order valence-corrected chi connectivity index (χ1v) is 10.2. The standard InChI is InChI=1S/C21H35Br/c1-7-15(8-2)18-13-19(16(9-3)10-4)21(22)20(14-18)17(11-5)12-6/h13-17H,7-12H2,1-6H3. The lowest BCUT2D eigenvalue weighted by Gasteiger charge is -2.25. The van der Waals surface area contributed by atoms with Crippen LogP contribution in [0.5, 0.6) is 0 Å². The monoisotopic (exact) mass is 366 g/mol. The Kier molecular flexibility index (Phi) is 8.75. The topological polar surface area (TPSA) is 0 Å². The first-order valence-electron chi connectivity index (χ1n) is 9.40. The normalized spacial score (nSPS) is 11.9. The molecule has 0 unspecified atom stereocenters. The van der Waals surface area contributed by atoms with Gasteiger partial charge in [0.15, 0.2) is 0 Å². The van der Waals surface area contributed by atoms with E-state index < -0.39 is 0 Å². The summed E-state index contributed by atoms with van der Waals surface area (Å²) in [6, 6.07) is 5.01. The zero-order chi connectivity index (χ0) is 16.7. The zero-order valence-corrected chi connectivity index (χ0v) is 17.1. The van der Waals surface area contributed by atoms with Crippen molar-refractivity contribution < 1.29 is 0 Å². The lowest BCUT2D eigenvalue weighted by molar-refractivity contribution is 0.603. The molecule has 1 aromatic rings. The van der Waals surface area contributed by atoms with E-state index in [1.54, 1.807) is 16.7 Å². The van der Waals surface area contributed by atoms with E-state index in [2.05, 4.69) is 69.6 Å². The van der Waals surface area contributed by atoms with Gasteiger partial charge in [-0.15, -0.1) is 0 Å². The zero-order valence-electron chi connectivity index (χ0n) is 15.5. The summed E-state index contributed by atoms with van der Waals surface area (Å²) in [5.41, 5.74) is 4.67. The van der Waals surface area contributed by atoms with Gasteiger partial charge in [0.1, 0.15) is 0 Å². The van der Waals surface area contributed by atoms with Crippen LogP contribution in [0.4, 0.5) is 0 Å². The Bertz CT molecular complexity index is 404. The highest BCUT2D eigenvalue weighted by Gasteiger charge is 2.21. The summed E-state index contributed by atoms with van der Waals surface area (Å²) in [4.78, 5) is 0. The molecule has 0 fully saturated rings. The molecule has 0 atom stereocenters. The van der Waals surface area contributed by atoms with Crippen molar-refractivity contribution >= 4 is 15.9 Å². The van der Waals surface area contributed by atoms with E-state index in [1.807, 2.05) is 0 Å². The van der Waals surface area contributed by atoms with Crippen molar-refractivity contribution in [3.05, 3.63) is 33.3 Å². The molecule has 0 N–H and O–H groups in total. The number of benzene rings is 1. The van der Waals surface area contributed by atoms with Crippen LogP contribution in [0.15, 0.2) is 16.6 Å². The van der Waals surface area contributed by atoms with Crippen molar-refractivity contribution in [1.82, 2.24) is 0 Å². The molecular weight excluding hydrogens is 332 g/mol. The SMILES string of the molecule is CCC(CC)c1cc(C(CC)CC)c(Br)c(C(CC)CC)c1. The molecule has 0 saturated carbocycles. The average Bonchev–Trinajstić information content (AvgIpc) is 2.54. The van der Waals surface area contributed by atoms with Crippen LogP contribution < -0.4 is 0 Å². The summed E-state index contributed by atoms with van der Waals surface area (Å²) in [5, 5.41) is 0. The lowest BCUT2D eigenvalue weighted by atomic mass is 9.82. The molecule has 0 heterocycles. The van der Waals surface area contributed by atoms with Gasteiger partial charge < -0.3 is 0 Å². The molecule has 0 nitrogen and oxygen atoms in total. The maximum Gasteiger partial charge on any atom is 0.0245 e. The summed E-state index contributed by atoms with van der Waals surface area (Å²) < 4.78 is 1.39. The third-order valence-electron chi connectivity index (χ3n) is 5.46. The Morgan fingerprint density at radius 2 is 0.955 bits per heavy atom. The summed E-state index contributed by atoms with van der Waals surface area (Å²) in [6.07, 6.45) is 7.38. The minimum absolute atomic E-state index is 0.678. The maximum absolute atomic E-state index is 3.97. The van der Waals surface area contributed by atoms with Gasteiger partial charge in [0.05, 0.1) is 0 Å². The summed E-state index contributed by atoms with van der Waals surface area (Å²) in [6.45, 7) is 13.9. The van der Waals surface area contributed by atoms with Crippen molar-refractivity contribution in [3.63, 3.8) is 0 Å². The third-order valence-corrected chi connectivity index (χ3v) is 6.37. The molecular formula is C21H35Br. The van der Waals surface area contributed by atoms with E-state index in [0.717, 1.165) is 0 Å². The number of hydrogen-bond acceptors (Lipinski definition) is 0. The van der Waals surface area contributed by atoms with Gasteiger partial charge in [0.2, 0.25) is 0 Å². The van der Waals surface area contributed by atoms with Crippen molar-refractivity contribution in [2.75, 3.05) is 0 Å². The Labute approximate surface area is 147 Å². The summed E-state index contributed by atoms with van der Waals surface area (Å²) >= 11 is 3.97. The lowest BCUT2D eigenvalue weighted by Crippen LogP contribution is -2.07. The van der Waals surface area contributed by atoms with E-state index in [0.29, 0.717) is 17.8 Å². The van der Waals surface area contributed by atoms with Crippen LogP contribution in [0.1, 0.15) is 115 Å². The molecule has 126 valence electrons. The van der Waals surface area contributed by atoms with Gasteiger partial charge >= 0.3 is 0 Å². The summed E-state index contributed by atoms with van der Waals surface area (Å²) in [7, 11) is 0. The Balaban J connectivity index is 3.48. The first kappa shape index (κ1) is 19.7. The van der Waals surface area contributed by atoms with Gasteiger partial charge in [0.25, 0.3) is 0 Å². The Morgan fingerprint density at radius 3 is 1.23 bits per heavy atom. The minimum Gasteiger partial charge on any atom is -0.0648 e. The van der Waals surface area contributed by atoms with Gasteiger partial charge in [-0.25, -0.2) is 0 Å². The van der Waals surface area contributed by atoms with E-state index in [1.165, 1.54) is 43.0 Å². The van der Waals surface area contributed by atoms with Crippen molar-refractivity contribution in [3.8, 4) is 0 Å². The predicted molar refractivity (Wildman–Crippen MR) is 104 cm³/mol. The van der Waals surface area contributed by atoms with Crippen LogP contribution in [0.2, 0.25) is 0 Å². The van der Waals surface area contributed by atoms with Crippen molar-refractivity contribution in [2.45, 2.75) is 97.8 Å². The molecule has 1 aromatic carbocycles. The van der Waals surface area contributed by atoms with Crippen molar-refractivity contribution in [2.24, 2.45) is 0 Å². The largest absolute Gasteiger partial charge is 0.0648 e. The molecule has 0 radical (unpaired) electrons. The molecule has 0 aliphatic heterocycles. The van der Waals surface area contributed by atoms with Gasteiger partial charge in [-0.3, -0.25) is 0 Å². The van der Waals surface area contributed by atoms with Crippen molar-refractivity contribution in [1.29, 1.82) is 0 Å². The fraction of sp³-hybridized carbons (Fsp3) is 0.714. The van der Waals surface area contributed by atoms with E-state index in [9.17, 15) is 0 Å². The molecule has 0 amide bonds. The average molecular weight is 367 g/mol. The molecule has 0 aliphatic carbocycles. The highest BCUT2D eigenvalue weighted by Crippen LogP contribution is 2.40. The highest BCUT2D eigenvalue weighted by molar-refractivity contribution is 9.10. The fourth-order valence-electron chi connectivity index (χ4n) is 3.74. The third kappa shape index (κ3) is 4.37. The number of hydrogen-bond donors (Lipinski definition) is 0. The molecule has 0 bridgehead atoms. The molecule has 1 heteroatoms. The van der Waals surface area contributed by atoms with Gasteiger partial charge in [-0.2, -0.15) is 0 Å². The number of halogens is 1. The first-order chi connectivity index (χ1) is 10.6.